The second kappa shape index (κ2) is 4.92. The normalized spacial score (nSPS) is 13.5. The number of hydrogen-bond donors (Lipinski definition) is 1. The van der Waals surface area contributed by atoms with Crippen LogP contribution in [0.25, 0.3) is 11.0 Å². The lowest BCUT2D eigenvalue weighted by Gasteiger charge is -2.08. The SMILES string of the molecule is CCNC(C)c1cc2cccc(C(C)C)c2o1. The molecule has 2 aromatic rings. The number of hydrogen-bond acceptors (Lipinski definition) is 2. The summed E-state index contributed by atoms with van der Waals surface area (Å²) in [5.41, 5.74) is 2.33. The van der Waals surface area contributed by atoms with E-state index in [0.717, 1.165) is 17.9 Å². The molecule has 0 spiro atoms. The van der Waals surface area contributed by atoms with Gasteiger partial charge in [-0.1, -0.05) is 39.0 Å². The van der Waals surface area contributed by atoms with Crippen molar-refractivity contribution in [3.8, 4) is 0 Å². The van der Waals surface area contributed by atoms with Crippen LogP contribution in [0, 0.1) is 0 Å². The Morgan fingerprint density at radius 3 is 2.65 bits per heavy atom. The molecular formula is C15H21NO. The lowest BCUT2D eigenvalue weighted by molar-refractivity contribution is 0.457. The molecule has 1 atom stereocenters. The number of fused-ring (bicyclic) bond motifs is 1. The van der Waals surface area contributed by atoms with E-state index in [2.05, 4.69) is 57.3 Å². The van der Waals surface area contributed by atoms with Gasteiger partial charge in [-0.05, 0) is 31.0 Å². The molecule has 0 amide bonds. The summed E-state index contributed by atoms with van der Waals surface area (Å²) in [7, 11) is 0. The third kappa shape index (κ3) is 2.37. The van der Waals surface area contributed by atoms with Gasteiger partial charge in [0, 0.05) is 5.39 Å². The van der Waals surface area contributed by atoms with Gasteiger partial charge in [-0.15, -0.1) is 0 Å². The van der Waals surface area contributed by atoms with Gasteiger partial charge >= 0.3 is 0 Å². The molecule has 0 aliphatic carbocycles. The quantitative estimate of drug-likeness (QED) is 0.852. The summed E-state index contributed by atoms with van der Waals surface area (Å²) in [6.45, 7) is 9.60. The molecule has 1 aromatic heterocycles. The van der Waals surface area contributed by atoms with E-state index < -0.39 is 0 Å². The van der Waals surface area contributed by atoms with E-state index in [1.165, 1.54) is 10.9 Å². The molecule has 1 aromatic carbocycles. The first kappa shape index (κ1) is 12.2. The highest BCUT2D eigenvalue weighted by Crippen LogP contribution is 2.30. The second-order valence-electron chi connectivity index (χ2n) is 4.85. The average Bonchev–Trinajstić information content (AvgIpc) is 2.72. The van der Waals surface area contributed by atoms with Crippen molar-refractivity contribution in [3.63, 3.8) is 0 Å². The number of benzene rings is 1. The minimum absolute atomic E-state index is 0.271. The number of para-hydroxylation sites is 1. The van der Waals surface area contributed by atoms with Crippen LogP contribution < -0.4 is 5.32 Å². The zero-order valence-electron chi connectivity index (χ0n) is 11.1. The molecular weight excluding hydrogens is 210 g/mol. The predicted molar refractivity (Wildman–Crippen MR) is 72.4 cm³/mol. The molecule has 2 nitrogen and oxygen atoms in total. The molecule has 1 heterocycles. The smallest absolute Gasteiger partial charge is 0.137 e. The molecule has 0 saturated carbocycles. The van der Waals surface area contributed by atoms with E-state index in [-0.39, 0.29) is 6.04 Å². The lowest BCUT2D eigenvalue weighted by atomic mass is 10.0. The zero-order chi connectivity index (χ0) is 12.4. The van der Waals surface area contributed by atoms with E-state index in [1.807, 2.05) is 0 Å². The summed E-state index contributed by atoms with van der Waals surface area (Å²) < 4.78 is 6.01. The standard InChI is InChI=1S/C15H21NO/c1-5-16-11(4)14-9-12-7-6-8-13(10(2)3)15(12)17-14/h6-11,16H,5H2,1-4H3. The highest BCUT2D eigenvalue weighted by molar-refractivity contribution is 5.81. The largest absolute Gasteiger partial charge is 0.459 e. The summed E-state index contributed by atoms with van der Waals surface area (Å²) in [5.74, 6) is 1.52. The fourth-order valence-electron chi connectivity index (χ4n) is 2.18. The lowest BCUT2D eigenvalue weighted by Crippen LogP contribution is -2.16. The van der Waals surface area contributed by atoms with Gasteiger partial charge in [-0.3, -0.25) is 0 Å². The molecule has 0 saturated heterocycles. The maximum Gasteiger partial charge on any atom is 0.137 e. The monoisotopic (exact) mass is 231 g/mol. The molecule has 92 valence electrons. The van der Waals surface area contributed by atoms with Crippen molar-refractivity contribution in [1.82, 2.24) is 5.32 Å². The highest BCUT2D eigenvalue weighted by Gasteiger charge is 2.13. The van der Waals surface area contributed by atoms with E-state index >= 15 is 0 Å². The van der Waals surface area contributed by atoms with Crippen LogP contribution in [-0.2, 0) is 0 Å². The zero-order valence-corrected chi connectivity index (χ0v) is 11.1. The molecule has 0 aliphatic heterocycles. The van der Waals surface area contributed by atoms with Crippen molar-refractivity contribution in [3.05, 3.63) is 35.6 Å². The van der Waals surface area contributed by atoms with Gasteiger partial charge in [-0.25, -0.2) is 0 Å². The second-order valence-corrected chi connectivity index (χ2v) is 4.85. The van der Waals surface area contributed by atoms with Crippen molar-refractivity contribution in [2.75, 3.05) is 6.54 Å². The van der Waals surface area contributed by atoms with Crippen molar-refractivity contribution in [1.29, 1.82) is 0 Å². The van der Waals surface area contributed by atoms with Gasteiger partial charge in [0.15, 0.2) is 0 Å². The van der Waals surface area contributed by atoms with Crippen molar-refractivity contribution in [2.45, 2.75) is 39.7 Å². The Hall–Kier alpha value is -1.28. The Kier molecular flexibility index (Phi) is 3.53. The Labute approximate surface area is 103 Å². The Morgan fingerprint density at radius 1 is 1.24 bits per heavy atom. The Morgan fingerprint density at radius 2 is 2.00 bits per heavy atom. The fourth-order valence-corrected chi connectivity index (χ4v) is 2.18. The van der Waals surface area contributed by atoms with E-state index in [0.29, 0.717) is 5.92 Å². The third-order valence-corrected chi connectivity index (χ3v) is 3.15. The van der Waals surface area contributed by atoms with E-state index in [9.17, 15) is 0 Å². The third-order valence-electron chi connectivity index (χ3n) is 3.15. The molecule has 0 radical (unpaired) electrons. The van der Waals surface area contributed by atoms with E-state index in [1.54, 1.807) is 0 Å². The van der Waals surface area contributed by atoms with Gasteiger partial charge in [0.25, 0.3) is 0 Å². The Balaban J connectivity index is 2.46. The summed E-state index contributed by atoms with van der Waals surface area (Å²) >= 11 is 0. The number of furan rings is 1. The maximum atomic E-state index is 6.01. The molecule has 1 unspecified atom stereocenters. The van der Waals surface area contributed by atoms with Crippen molar-refractivity contribution in [2.24, 2.45) is 0 Å². The minimum atomic E-state index is 0.271. The van der Waals surface area contributed by atoms with E-state index in [4.69, 9.17) is 4.42 Å². The van der Waals surface area contributed by atoms with Crippen LogP contribution in [0.4, 0.5) is 0 Å². The molecule has 17 heavy (non-hydrogen) atoms. The first-order valence-electron chi connectivity index (χ1n) is 6.39. The predicted octanol–water partition coefficient (Wildman–Crippen LogP) is 4.23. The topological polar surface area (TPSA) is 25.2 Å². The summed E-state index contributed by atoms with van der Waals surface area (Å²) in [5, 5.41) is 4.58. The highest BCUT2D eigenvalue weighted by atomic mass is 16.3. The Bertz CT molecular complexity index is 499. The van der Waals surface area contributed by atoms with Crippen molar-refractivity contribution < 1.29 is 4.42 Å². The first-order chi connectivity index (χ1) is 8.13. The van der Waals surface area contributed by atoms with Crippen molar-refractivity contribution >= 4 is 11.0 Å². The molecule has 0 aliphatic rings. The van der Waals surface area contributed by atoms with Gasteiger partial charge < -0.3 is 9.73 Å². The molecule has 2 rings (SSSR count). The first-order valence-corrected chi connectivity index (χ1v) is 6.39. The van der Waals surface area contributed by atoms with Crippen LogP contribution >= 0.6 is 0 Å². The van der Waals surface area contributed by atoms with Crippen LogP contribution in [0.1, 0.15) is 51.0 Å². The van der Waals surface area contributed by atoms with Crippen LogP contribution in [0.5, 0.6) is 0 Å². The molecule has 0 bridgehead atoms. The molecule has 1 N–H and O–H groups in total. The van der Waals surface area contributed by atoms with Gasteiger partial charge in [0.1, 0.15) is 11.3 Å². The maximum absolute atomic E-state index is 6.01. The summed E-state index contributed by atoms with van der Waals surface area (Å²) in [4.78, 5) is 0. The van der Waals surface area contributed by atoms with Gasteiger partial charge in [0.05, 0.1) is 6.04 Å². The van der Waals surface area contributed by atoms with Gasteiger partial charge in [0.2, 0.25) is 0 Å². The van der Waals surface area contributed by atoms with Crippen LogP contribution in [0.2, 0.25) is 0 Å². The average molecular weight is 231 g/mol. The molecule has 0 fully saturated rings. The summed E-state index contributed by atoms with van der Waals surface area (Å²) in [6, 6.07) is 8.79. The van der Waals surface area contributed by atoms with Crippen LogP contribution in [0.3, 0.4) is 0 Å². The van der Waals surface area contributed by atoms with Gasteiger partial charge in [-0.2, -0.15) is 0 Å². The minimum Gasteiger partial charge on any atom is -0.459 e. The van der Waals surface area contributed by atoms with Crippen LogP contribution in [0.15, 0.2) is 28.7 Å². The van der Waals surface area contributed by atoms with Crippen LogP contribution in [-0.4, -0.2) is 6.54 Å². The molecule has 2 heteroatoms. The summed E-state index contributed by atoms with van der Waals surface area (Å²) in [6.07, 6.45) is 0. The number of nitrogens with one attached hydrogen (secondary N) is 1. The fraction of sp³-hybridized carbons (Fsp3) is 0.467. The number of rotatable bonds is 4.